The van der Waals surface area contributed by atoms with Crippen molar-refractivity contribution in [1.29, 1.82) is 0 Å². The number of rotatable bonds is 6. The average molecular weight is 560 g/mol. The Labute approximate surface area is 230 Å². The number of nitrogens with zero attached hydrogens (tertiary/aromatic N) is 5. The van der Waals surface area contributed by atoms with Gasteiger partial charge in [-0.05, 0) is 37.3 Å². The fourth-order valence-electron chi connectivity index (χ4n) is 4.61. The molecule has 0 amide bonds. The maximum Gasteiger partial charge on any atom is 0.339 e. The summed E-state index contributed by atoms with van der Waals surface area (Å²) in [7, 11) is 0. The van der Waals surface area contributed by atoms with Crippen molar-refractivity contribution in [2.75, 3.05) is 73.8 Å². The van der Waals surface area contributed by atoms with E-state index >= 15 is 0 Å². The maximum atomic E-state index is 13.8. The molecule has 0 bridgehead atoms. The van der Waals surface area contributed by atoms with Gasteiger partial charge in [-0.15, -0.1) is 0 Å². The minimum Gasteiger partial charge on any atom is -0.462 e. The van der Waals surface area contributed by atoms with Crippen molar-refractivity contribution >= 4 is 46.5 Å². The predicted octanol–water partition coefficient (Wildman–Crippen LogP) is 4.93. The van der Waals surface area contributed by atoms with Gasteiger partial charge in [-0.1, -0.05) is 23.2 Å². The van der Waals surface area contributed by atoms with E-state index in [-0.39, 0.29) is 5.02 Å². The van der Waals surface area contributed by atoms with Crippen LogP contribution in [0, 0.1) is 5.82 Å². The molecule has 2 aliphatic heterocycles. The van der Waals surface area contributed by atoms with Gasteiger partial charge in [0.25, 0.3) is 0 Å². The molecule has 0 saturated carbocycles. The number of hydrogen-bond acceptors (Lipinski definition) is 8. The Balaban J connectivity index is 1.37. The maximum absolute atomic E-state index is 13.8. The molecule has 0 spiro atoms. The minimum atomic E-state index is -0.460. The fourth-order valence-corrected chi connectivity index (χ4v) is 5.07. The summed E-state index contributed by atoms with van der Waals surface area (Å²) in [5, 5.41) is 0.479. The Kier molecular flexibility index (Phi) is 8.16. The van der Waals surface area contributed by atoms with Gasteiger partial charge in [0.15, 0.2) is 0 Å². The number of carbonyl (C=O) groups is 1. The van der Waals surface area contributed by atoms with Crippen molar-refractivity contribution < 1.29 is 18.7 Å². The normalized spacial score (nSPS) is 16.1. The third-order valence-electron chi connectivity index (χ3n) is 6.62. The molecule has 1 aromatic carbocycles. The van der Waals surface area contributed by atoms with E-state index in [1.807, 2.05) is 6.07 Å². The number of pyridine rings is 2. The van der Waals surface area contributed by atoms with Crippen molar-refractivity contribution in [3.63, 3.8) is 0 Å². The number of hydrogen-bond donors (Lipinski definition) is 0. The van der Waals surface area contributed by atoms with E-state index in [0.29, 0.717) is 49.3 Å². The third kappa shape index (κ3) is 5.80. The molecule has 8 nitrogen and oxygen atoms in total. The zero-order valence-corrected chi connectivity index (χ0v) is 22.5. The van der Waals surface area contributed by atoms with Gasteiger partial charge < -0.3 is 24.2 Å². The SMILES string of the molecule is CCOC(=O)c1cnc(N2CCN(c3cc(-c4ccc(F)c(Cl)c4)nc(N4CCOCC4)c3)CC2)c(Cl)c1. The Morgan fingerprint density at radius 2 is 1.71 bits per heavy atom. The van der Waals surface area contributed by atoms with E-state index in [1.54, 1.807) is 25.1 Å². The molecular weight excluding hydrogens is 532 g/mol. The molecule has 0 radical (unpaired) electrons. The second-order valence-electron chi connectivity index (χ2n) is 9.02. The largest absolute Gasteiger partial charge is 0.462 e. The van der Waals surface area contributed by atoms with Crippen LogP contribution < -0.4 is 14.7 Å². The number of anilines is 3. The summed E-state index contributed by atoms with van der Waals surface area (Å²) in [6, 6.07) is 10.4. The molecule has 11 heteroatoms. The Bertz CT molecular complexity index is 1310. The van der Waals surface area contributed by atoms with Crippen LogP contribution in [0.5, 0.6) is 0 Å². The summed E-state index contributed by atoms with van der Waals surface area (Å²) in [6.07, 6.45) is 1.50. The van der Waals surface area contributed by atoms with Gasteiger partial charge in [-0.2, -0.15) is 0 Å². The van der Waals surface area contributed by atoms with Crippen LogP contribution in [0.3, 0.4) is 0 Å². The lowest BCUT2D eigenvalue weighted by Crippen LogP contribution is -2.47. The van der Waals surface area contributed by atoms with E-state index < -0.39 is 11.8 Å². The molecule has 2 fully saturated rings. The number of piperazine rings is 1. The van der Waals surface area contributed by atoms with Gasteiger partial charge in [0, 0.05) is 62.8 Å². The van der Waals surface area contributed by atoms with Crippen LogP contribution in [0.15, 0.2) is 42.6 Å². The number of carbonyl (C=O) groups excluding carboxylic acids is 1. The van der Waals surface area contributed by atoms with E-state index in [9.17, 15) is 9.18 Å². The van der Waals surface area contributed by atoms with Crippen molar-refractivity contribution in [2.45, 2.75) is 6.92 Å². The van der Waals surface area contributed by atoms with Gasteiger partial charge in [0.2, 0.25) is 0 Å². The smallest absolute Gasteiger partial charge is 0.339 e. The first kappa shape index (κ1) is 26.5. The summed E-state index contributed by atoms with van der Waals surface area (Å²) in [6.45, 7) is 7.68. The Morgan fingerprint density at radius 1 is 0.974 bits per heavy atom. The van der Waals surface area contributed by atoms with Crippen LogP contribution >= 0.6 is 23.2 Å². The van der Waals surface area contributed by atoms with E-state index in [1.165, 1.54) is 12.3 Å². The number of morpholine rings is 1. The third-order valence-corrected chi connectivity index (χ3v) is 7.19. The lowest BCUT2D eigenvalue weighted by Gasteiger charge is -2.37. The van der Waals surface area contributed by atoms with Crippen molar-refractivity contribution in [2.24, 2.45) is 0 Å². The van der Waals surface area contributed by atoms with Crippen molar-refractivity contribution in [3.05, 3.63) is 64.0 Å². The number of esters is 1. The number of ether oxygens (including phenoxy) is 2. The molecule has 2 saturated heterocycles. The number of benzene rings is 1. The monoisotopic (exact) mass is 559 g/mol. The van der Waals surface area contributed by atoms with Crippen LogP contribution in [0.1, 0.15) is 17.3 Å². The molecule has 5 rings (SSSR count). The summed E-state index contributed by atoms with van der Waals surface area (Å²) in [5.41, 5.74) is 2.84. The highest BCUT2D eigenvalue weighted by molar-refractivity contribution is 6.33. The number of halogens is 3. The Morgan fingerprint density at radius 3 is 2.39 bits per heavy atom. The summed E-state index contributed by atoms with van der Waals surface area (Å²) in [5.74, 6) is 0.594. The first-order valence-electron chi connectivity index (χ1n) is 12.6. The van der Waals surface area contributed by atoms with E-state index in [2.05, 4.69) is 25.8 Å². The zero-order valence-electron chi connectivity index (χ0n) is 21.0. The fraction of sp³-hybridized carbons (Fsp3) is 0.370. The van der Waals surface area contributed by atoms with Crippen LogP contribution in [-0.4, -0.2) is 75.0 Å². The van der Waals surface area contributed by atoms with Gasteiger partial charge in [-0.25, -0.2) is 19.2 Å². The van der Waals surface area contributed by atoms with Crippen LogP contribution in [0.25, 0.3) is 11.3 Å². The molecule has 200 valence electrons. The molecule has 0 aliphatic carbocycles. The highest BCUT2D eigenvalue weighted by Gasteiger charge is 2.23. The minimum absolute atomic E-state index is 0.0644. The highest BCUT2D eigenvalue weighted by Crippen LogP contribution is 2.32. The zero-order chi connectivity index (χ0) is 26.6. The summed E-state index contributed by atoms with van der Waals surface area (Å²) in [4.78, 5) is 27.9. The summed E-state index contributed by atoms with van der Waals surface area (Å²) >= 11 is 12.6. The molecule has 0 atom stereocenters. The predicted molar refractivity (Wildman–Crippen MR) is 147 cm³/mol. The van der Waals surface area contributed by atoms with Gasteiger partial charge >= 0.3 is 5.97 Å². The average Bonchev–Trinajstić information content (AvgIpc) is 2.95. The molecule has 0 unspecified atom stereocenters. The first-order chi connectivity index (χ1) is 18.4. The first-order valence-corrected chi connectivity index (χ1v) is 13.3. The lowest BCUT2D eigenvalue weighted by molar-refractivity contribution is 0.0526. The van der Waals surface area contributed by atoms with Crippen LogP contribution in [-0.2, 0) is 9.47 Å². The topological polar surface area (TPSA) is 71.0 Å². The number of aromatic nitrogens is 2. The Hall–Kier alpha value is -3.14. The molecule has 4 heterocycles. The lowest BCUT2D eigenvalue weighted by atomic mass is 10.1. The quantitative estimate of drug-likeness (QED) is 0.394. The molecule has 3 aromatic rings. The van der Waals surface area contributed by atoms with E-state index in [4.69, 9.17) is 37.7 Å². The molecule has 38 heavy (non-hydrogen) atoms. The van der Waals surface area contributed by atoms with Gasteiger partial charge in [0.05, 0.1) is 41.1 Å². The van der Waals surface area contributed by atoms with Gasteiger partial charge in [0.1, 0.15) is 17.5 Å². The summed E-state index contributed by atoms with van der Waals surface area (Å²) < 4.78 is 24.4. The molecule has 0 N–H and O–H groups in total. The van der Waals surface area contributed by atoms with Crippen LogP contribution in [0.2, 0.25) is 10.0 Å². The second kappa shape index (κ2) is 11.7. The van der Waals surface area contributed by atoms with Gasteiger partial charge in [-0.3, -0.25) is 0 Å². The van der Waals surface area contributed by atoms with Crippen molar-refractivity contribution in [1.82, 2.24) is 9.97 Å². The molecule has 2 aromatic heterocycles. The molecule has 2 aliphatic rings. The second-order valence-corrected chi connectivity index (χ2v) is 9.84. The van der Waals surface area contributed by atoms with Crippen LogP contribution in [0.4, 0.5) is 21.7 Å². The highest BCUT2D eigenvalue weighted by atomic mass is 35.5. The standard InChI is InChI=1S/C27H28Cl2FN5O3/c1-2-38-27(36)19-14-22(29)26(31-17-19)35-7-5-33(6-8-35)20-15-24(18-3-4-23(30)21(28)13-18)32-25(16-20)34-9-11-37-12-10-34/h3-4,13-17H,2,5-12H2,1H3. The van der Waals surface area contributed by atoms with E-state index in [0.717, 1.165) is 48.9 Å². The van der Waals surface area contributed by atoms with Crippen molar-refractivity contribution in [3.8, 4) is 11.3 Å². The molecular formula is C27H28Cl2FN5O3.